The molecule has 2 aliphatic rings. The van der Waals surface area contributed by atoms with Gasteiger partial charge >= 0.3 is 0 Å². The normalized spacial score (nSPS) is 20.8. The number of nitrogens with zero attached hydrogens (tertiary/aromatic N) is 6. The van der Waals surface area contributed by atoms with Crippen LogP contribution in [0, 0.1) is 5.92 Å². The first-order chi connectivity index (χ1) is 15.9. The van der Waals surface area contributed by atoms with Crippen molar-refractivity contribution in [2.45, 2.75) is 45.8 Å². The molecule has 3 aromatic rings. The summed E-state index contributed by atoms with van der Waals surface area (Å²) in [6.45, 7) is 7.21. The molecule has 0 aliphatic carbocycles. The molecule has 2 atom stereocenters. The highest BCUT2D eigenvalue weighted by atomic mass is 16.5. The molecule has 4 heterocycles. The van der Waals surface area contributed by atoms with E-state index < -0.39 is 0 Å². The van der Waals surface area contributed by atoms with Crippen LogP contribution in [0.3, 0.4) is 0 Å². The third kappa shape index (κ3) is 4.13. The molecule has 0 bridgehead atoms. The summed E-state index contributed by atoms with van der Waals surface area (Å²) in [7, 11) is 3.82. The van der Waals surface area contributed by atoms with Gasteiger partial charge in [-0.05, 0) is 49.1 Å². The van der Waals surface area contributed by atoms with Crippen molar-refractivity contribution >= 4 is 28.6 Å². The summed E-state index contributed by atoms with van der Waals surface area (Å²) < 4.78 is 7.55. The molecule has 0 unspecified atom stereocenters. The van der Waals surface area contributed by atoms with Crippen LogP contribution in [-0.4, -0.2) is 68.7 Å². The minimum absolute atomic E-state index is 0.114. The highest BCUT2D eigenvalue weighted by Crippen LogP contribution is 2.33. The van der Waals surface area contributed by atoms with Gasteiger partial charge in [0.15, 0.2) is 5.65 Å². The van der Waals surface area contributed by atoms with Gasteiger partial charge in [0.2, 0.25) is 11.9 Å². The number of anilines is 2. The molecule has 5 rings (SSSR count). The molecule has 1 N–H and O–H groups in total. The van der Waals surface area contributed by atoms with Crippen LogP contribution in [0.15, 0.2) is 24.5 Å². The molecular weight excluding hydrogens is 418 g/mol. The summed E-state index contributed by atoms with van der Waals surface area (Å²) in [6.07, 6.45) is 5.60. The number of likely N-dealkylation sites (tertiary alicyclic amines) is 1. The second-order valence-corrected chi connectivity index (χ2v) is 9.28. The van der Waals surface area contributed by atoms with Crippen molar-refractivity contribution < 1.29 is 9.53 Å². The number of benzene rings is 1. The highest BCUT2D eigenvalue weighted by molar-refractivity contribution is 5.76. The maximum atomic E-state index is 12.1. The van der Waals surface area contributed by atoms with Crippen LogP contribution in [0.5, 0.6) is 5.75 Å². The number of ether oxygens (including phenoxy) is 1. The lowest BCUT2D eigenvalue weighted by Gasteiger charge is -2.26. The number of hydrogen-bond acceptors (Lipinski definition) is 7. The molecule has 174 valence electrons. The Morgan fingerprint density at radius 1 is 1.24 bits per heavy atom. The van der Waals surface area contributed by atoms with Gasteiger partial charge in [-0.2, -0.15) is 10.1 Å². The van der Waals surface area contributed by atoms with Gasteiger partial charge in [0.25, 0.3) is 0 Å². The Bertz CT molecular complexity index is 1190. The molecule has 2 aliphatic heterocycles. The molecule has 1 fully saturated rings. The van der Waals surface area contributed by atoms with E-state index in [1.165, 1.54) is 11.1 Å². The fourth-order valence-electron chi connectivity index (χ4n) is 5.03. The number of amides is 1. The number of hydrogen-bond donors (Lipinski definition) is 1. The van der Waals surface area contributed by atoms with E-state index in [-0.39, 0.29) is 11.9 Å². The van der Waals surface area contributed by atoms with Crippen LogP contribution in [0.25, 0.3) is 11.0 Å². The molecule has 0 saturated carbocycles. The smallest absolute Gasteiger partial charge is 0.229 e. The van der Waals surface area contributed by atoms with Crippen molar-refractivity contribution in [1.29, 1.82) is 0 Å². The first kappa shape index (κ1) is 21.6. The second-order valence-electron chi connectivity index (χ2n) is 9.28. The lowest BCUT2D eigenvalue weighted by Crippen LogP contribution is -2.39. The van der Waals surface area contributed by atoms with Gasteiger partial charge in [-0.25, -0.2) is 9.67 Å². The lowest BCUT2D eigenvalue weighted by atomic mass is 9.99. The van der Waals surface area contributed by atoms with Crippen molar-refractivity contribution in [2.24, 2.45) is 5.92 Å². The Morgan fingerprint density at radius 3 is 2.88 bits per heavy atom. The average molecular weight is 450 g/mol. The molecule has 0 radical (unpaired) electrons. The summed E-state index contributed by atoms with van der Waals surface area (Å²) in [5.74, 6) is 1.82. The summed E-state index contributed by atoms with van der Waals surface area (Å²) >= 11 is 0. The maximum Gasteiger partial charge on any atom is 0.229 e. The Balaban J connectivity index is 1.44. The summed E-state index contributed by atoms with van der Waals surface area (Å²) in [6, 6.07) is 4.37. The minimum atomic E-state index is 0.114. The SMILES string of the molecule is COc1cc2c(cc1Nc1ncc3cnn(C[C@H]4[C@H](C)CCN4C(C)=O)c3n1)CN(C)CC2. The Morgan fingerprint density at radius 2 is 2.09 bits per heavy atom. The minimum Gasteiger partial charge on any atom is -0.495 e. The van der Waals surface area contributed by atoms with Crippen LogP contribution in [0.2, 0.25) is 0 Å². The summed E-state index contributed by atoms with van der Waals surface area (Å²) in [5.41, 5.74) is 4.22. The van der Waals surface area contributed by atoms with Gasteiger partial charge in [-0.3, -0.25) is 4.79 Å². The second kappa shape index (κ2) is 8.62. The molecule has 1 aromatic carbocycles. The van der Waals surface area contributed by atoms with Crippen molar-refractivity contribution in [3.05, 3.63) is 35.7 Å². The van der Waals surface area contributed by atoms with E-state index in [1.54, 1.807) is 26.4 Å². The van der Waals surface area contributed by atoms with Gasteiger partial charge in [-0.15, -0.1) is 0 Å². The van der Waals surface area contributed by atoms with Gasteiger partial charge in [0.1, 0.15) is 5.75 Å². The van der Waals surface area contributed by atoms with E-state index >= 15 is 0 Å². The number of carbonyl (C=O) groups excluding carboxylic acids is 1. The van der Waals surface area contributed by atoms with Crippen molar-refractivity contribution in [1.82, 2.24) is 29.5 Å². The predicted molar refractivity (Wildman–Crippen MR) is 127 cm³/mol. The van der Waals surface area contributed by atoms with E-state index in [2.05, 4.69) is 46.4 Å². The number of nitrogens with one attached hydrogen (secondary N) is 1. The van der Waals surface area contributed by atoms with Crippen LogP contribution < -0.4 is 10.1 Å². The van der Waals surface area contributed by atoms with E-state index in [9.17, 15) is 4.79 Å². The van der Waals surface area contributed by atoms with Crippen LogP contribution >= 0.6 is 0 Å². The molecule has 1 amide bonds. The molecule has 0 spiro atoms. The molecule has 2 aromatic heterocycles. The highest BCUT2D eigenvalue weighted by Gasteiger charge is 2.33. The molecule has 9 nitrogen and oxygen atoms in total. The Labute approximate surface area is 193 Å². The predicted octanol–water partition coefficient (Wildman–Crippen LogP) is 2.82. The molecule has 9 heteroatoms. The molecule has 33 heavy (non-hydrogen) atoms. The van der Waals surface area contributed by atoms with Crippen LogP contribution in [0.1, 0.15) is 31.4 Å². The first-order valence-electron chi connectivity index (χ1n) is 11.5. The third-order valence-electron chi connectivity index (χ3n) is 6.99. The number of likely N-dealkylation sites (N-methyl/N-ethyl adjacent to an activating group) is 1. The zero-order valence-corrected chi connectivity index (χ0v) is 19.7. The fraction of sp³-hybridized carbons (Fsp3) is 0.500. The zero-order chi connectivity index (χ0) is 23.1. The summed E-state index contributed by atoms with van der Waals surface area (Å²) in [5, 5.41) is 8.78. The first-order valence-corrected chi connectivity index (χ1v) is 11.5. The molecular formula is C24H31N7O2. The number of methoxy groups -OCH3 is 1. The molecule has 1 saturated heterocycles. The van der Waals surface area contributed by atoms with Gasteiger partial charge in [0, 0.05) is 32.8 Å². The summed E-state index contributed by atoms with van der Waals surface area (Å²) in [4.78, 5) is 25.6. The van der Waals surface area contributed by atoms with Gasteiger partial charge in [-0.1, -0.05) is 6.92 Å². The number of fused-ring (bicyclic) bond motifs is 2. The standard InChI is InChI=1S/C24H31N7O2/c1-15-5-8-30(16(2)32)21(15)14-31-23-19(12-26-31)11-25-24(28-23)27-20-9-18-13-29(3)7-6-17(18)10-22(20)33-4/h9-12,15,21H,5-8,13-14H2,1-4H3,(H,25,27,28)/t15-,21+/m1/s1. The number of carbonyl (C=O) groups is 1. The van der Waals surface area contributed by atoms with E-state index in [0.29, 0.717) is 18.4 Å². The Kier molecular flexibility index (Phi) is 5.65. The van der Waals surface area contributed by atoms with Crippen LogP contribution in [-0.2, 0) is 24.3 Å². The topological polar surface area (TPSA) is 88.4 Å². The van der Waals surface area contributed by atoms with Gasteiger partial charge in [0.05, 0.1) is 37.0 Å². The van der Waals surface area contributed by atoms with Crippen molar-refractivity contribution in [3.63, 3.8) is 0 Å². The average Bonchev–Trinajstić information content (AvgIpc) is 3.37. The van der Waals surface area contributed by atoms with E-state index in [0.717, 1.165) is 54.9 Å². The van der Waals surface area contributed by atoms with Gasteiger partial charge < -0.3 is 19.9 Å². The van der Waals surface area contributed by atoms with E-state index in [4.69, 9.17) is 9.72 Å². The number of rotatable bonds is 5. The zero-order valence-electron chi connectivity index (χ0n) is 19.7. The Hall–Kier alpha value is -3.20. The monoisotopic (exact) mass is 449 g/mol. The third-order valence-corrected chi connectivity index (χ3v) is 6.99. The van der Waals surface area contributed by atoms with Crippen molar-refractivity contribution in [2.75, 3.05) is 32.6 Å². The number of aromatic nitrogens is 4. The maximum absolute atomic E-state index is 12.1. The van der Waals surface area contributed by atoms with E-state index in [1.807, 2.05) is 9.58 Å². The fourth-order valence-corrected chi connectivity index (χ4v) is 5.03. The largest absolute Gasteiger partial charge is 0.495 e. The van der Waals surface area contributed by atoms with Crippen molar-refractivity contribution in [3.8, 4) is 5.75 Å². The lowest BCUT2D eigenvalue weighted by molar-refractivity contribution is -0.130. The quantitative estimate of drug-likeness (QED) is 0.641. The van der Waals surface area contributed by atoms with Crippen LogP contribution in [0.4, 0.5) is 11.6 Å².